The molecule has 0 heterocycles. The fraction of sp³-hybridized carbons (Fsp3) is 0.125. The minimum absolute atomic E-state index is 0.0689. The van der Waals surface area contributed by atoms with Gasteiger partial charge >= 0.3 is 0 Å². The molecule has 0 saturated heterocycles. The van der Waals surface area contributed by atoms with E-state index < -0.39 is 0 Å². The highest BCUT2D eigenvalue weighted by molar-refractivity contribution is 9.10. The summed E-state index contributed by atoms with van der Waals surface area (Å²) in [7, 11) is 0. The lowest BCUT2D eigenvalue weighted by Gasteiger charge is -2.09. The van der Waals surface area contributed by atoms with Gasteiger partial charge in [-0.1, -0.05) is 55.5 Å². The first kappa shape index (κ1) is 16.7. The Labute approximate surface area is 145 Å². The Morgan fingerprint density at radius 1 is 0.773 bits per heavy atom. The molecule has 6 heteroatoms. The van der Waals surface area contributed by atoms with Gasteiger partial charge in [0.25, 0.3) is 0 Å². The molecule has 0 spiro atoms. The lowest BCUT2D eigenvalue weighted by molar-refractivity contribution is -0.269. The maximum Gasteiger partial charge on any atom is 0.0585 e. The van der Waals surface area contributed by atoms with Crippen LogP contribution in [0.2, 0.25) is 0 Å². The second-order valence-electron chi connectivity index (χ2n) is 4.43. The molecule has 0 radical (unpaired) electrons. The summed E-state index contributed by atoms with van der Waals surface area (Å²) in [6, 6.07) is 9.82. The van der Waals surface area contributed by atoms with Crippen molar-refractivity contribution >= 4 is 44.3 Å². The third kappa shape index (κ3) is 4.96. The first-order valence-electron chi connectivity index (χ1n) is 6.49. The van der Waals surface area contributed by atoms with Gasteiger partial charge in [-0.3, -0.25) is 9.98 Å². The van der Waals surface area contributed by atoms with Crippen molar-refractivity contribution in [1.29, 1.82) is 0 Å². The van der Waals surface area contributed by atoms with Crippen molar-refractivity contribution in [2.75, 3.05) is 13.1 Å². The van der Waals surface area contributed by atoms with Crippen LogP contribution in [0.15, 0.2) is 55.3 Å². The Hall–Kier alpha value is -1.66. The van der Waals surface area contributed by atoms with Crippen molar-refractivity contribution in [2.24, 2.45) is 9.98 Å². The van der Waals surface area contributed by atoms with Gasteiger partial charge in [0.15, 0.2) is 0 Å². The fourth-order valence-corrected chi connectivity index (χ4v) is 2.44. The summed E-state index contributed by atoms with van der Waals surface area (Å²) in [6.07, 6.45) is 3.08. The van der Waals surface area contributed by atoms with Gasteiger partial charge < -0.3 is 10.2 Å². The SMILES string of the molecule is [O-]c1ccc(Br)cc1C=NCCN=Cc1cc(Br)ccc1[O-]. The van der Waals surface area contributed by atoms with Gasteiger partial charge in [-0.25, -0.2) is 0 Å². The summed E-state index contributed by atoms with van der Waals surface area (Å²) in [5, 5.41) is 23.1. The van der Waals surface area contributed by atoms with Crippen LogP contribution in [0.1, 0.15) is 11.1 Å². The second-order valence-corrected chi connectivity index (χ2v) is 6.27. The maximum absolute atomic E-state index is 11.6. The summed E-state index contributed by atoms with van der Waals surface area (Å²) in [5.74, 6) is -0.138. The molecule has 0 bridgehead atoms. The highest BCUT2D eigenvalue weighted by Gasteiger charge is 1.93. The molecule has 0 fully saturated rings. The van der Waals surface area contributed by atoms with Crippen LogP contribution in [0, 0.1) is 0 Å². The maximum atomic E-state index is 11.6. The average Bonchev–Trinajstić information content (AvgIpc) is 2.49. The summed E-state index contributed by atoms with van der Waals surface area (Å²) in [6.45, 7) is 0.898. The van der Waals surface area contributed by atoms with E-state index in [0.717, 1.165) is 8.95 Å². The van der Waals surface area contributed by atoms with Gasteiger partial charge in [0.2, 0.25) is 0 Å². The largest absolute Gasteiger partial charge is 0.872 e. The van der Waals surface area contributed by atoms with Crippen LogP contribution >= 0.6 is 31.9 Å². The van der Waals surface area contributed by atoms with Crippen LogP contribution in [0.3, 0.4) is 0 Å². The number of benzene rings is 2. The van der Waals surface area contributed by atoms with Crippen LogP contribution in [-0.2, 0) is 0 Å². The summed E-state index contributed by atoms with van der Waals surface area (Å²) in [4.78, 5) is 8.34. The normalized spacial score (nSPS) is 11.5. The molecule has 114 valence electrons. The van der Waals surface area contributed by atoms with E-state index in [4.69, 9.17) is 0 Å². The third-order valence-corrected chi connectivity index (χ3v) is 3.75. The van der Waals surface area contributed by atoms with E-state index in [2.05, 4.69) is 41.8 Å². The number of halogens is 2. The lowest BCUT2D eigenvalue weighted by atomic mass is 10.2. The zero-order valence-corrected chi connectivity index (χ0v) is 14.7. The molecule has 0 aliphatic rings. The van der Waals surface area contributed by atoms with Crippen LogP contribution in [0.4, 0.5) is 0 Å². The molecule has 22 heavy (non-hydrogen) atoms. The van der Waals surface area contributed by atoms with Gasteiger partial charge in [-0.05, 0) is 35.4 Å². The number of hydrogen-bond donors (Lipinski definition) is 0. The molecule has 0 aromatic heterocycles. The van der Waals surface area contributed by atoms with E-state index in [1.165, 1.54) is 12.1 Å². The fourth-order valence-electron chi connectivity index (χ4n) is 1.68. The Morgan fingerprint density at radius 2 is 1.18 bits per heavy atom. The van der Waals surface area contributed by atoms with E-state index in [1.54, 1.807) is 36.7 Å². The molecule has 0 N–H and O–H groups in total. The van der Waals surface area contributed by atoms with Gasteiger partial charge in [-0.15, -0.1) is 0 Å². The van der Waals surface area contributed by atoms with Gasteiger partial charge in [-0.2, -0.15) is 0 Å². The van der Waals surface area contributed by atoms with Crippen LogP contribution in [0.25, 0.3) is 0 Å². The van der Waals surface area contributed by atoms with Crippen molar-refractivity contribution in [3.63, 3.8) is 0 Å². The molecule has 2 aromatic rings. The lowest BCUT2D eigenvalue weighted by Crippen LogP contribution is -1.98. The zero-order chi connectivity index (χ0) is 15.9. The molecular weight excluding hydrogens is 412 g/mol. The molecule has 2 aromatic carbocycles. The predicted molar refractivity (Wildman–Crippen MR) is 92.1 cm³/mol. The second kappa shape index (κ2) is 8.10. The Bertz CT molecular complexity index is 654. The highest BCUT2D eigenvalue weighted by atomic mass is 79.9. The van der Waals surface area contributed by atoms with Crippen molar-refractivity contribution in [1.82, 2.24) is 0 Å². The molecule has 0 saturated carbocycles. The first-order valence-corrected chi connectivity index (χ1v) is 8.07. The van der Waals surface area contributed by atoms with E-state index in [0.29, 0.717) is 24.2 Å². The highest BCUT2D eigenvalue weighted by Crippen LogP contribution is 2.18. The third-order valence-electron chi connectivity index (χ3n) is 2.76. The number of nitrogens with zero attached hydrogens (tertiary/aromatic N) is 2. The summed E-state index contributed by atoms with van der Waals surface area (Å²) >= 11 is 6.62. The quantitative estimate of drug-likeness (QED) is 0.547. The predicted octanol–water partition coefficient (Wildman–Crippen LogP) is 2.90. The average molecular weight is 424 g/mol. The van der Waals surface area contributed by atoms with Gasteiger partial charge in [0.1, 0.15) is 0 Å². The van der Waals surface area contributed by atoms with Gasteiger partial charge in [0.05, 0.1) is 13.1 Å². The Kier molecular flexibility index (Phi) is 6.15. The van der Waals surface area contributed by atoms with E-state index >= 15 is 0 Å². The van der Waals surface area contributed by atoms with E-state index in [1.807, 2.05) is 0 Å². The summed E-state index contributed by atoms with van der Waals surface area (Å²) < 4.78 is 1.67. The molecule has 4 nitrogen and oxygen atoms in total. The van der Waals surface area contributed by atoms with Crippen molar-refractivity contribution in [3.05, 3.63) is 56.5 Å². The summed E-state index contributed by atoms with van der Waals surface area (Å²) in [5.41, 5.74) is 1.07. The van der Waals surface area contributed by atoms with Crippen LogP contribution in [0.5, 0.6) is 11.5 Å². The molecule has 0 aliphatic carbocycles. The number of hydrogen-bond acceptors (Lipinski definition) is 4. The number of aliphatic imine (C=N–C) groups is 2. The Morgan fingerprint density at radius 3 is 1.59 bits per heavy atom. The van der Waals surface area contributed by atoms with Crippen LogP contribution < -0.4 is 10.2 Å². The van der Waals surface area contributed by atoms with Crippen molar-refractivity contribution < 1.29 is 10.2 Å². The van der Waals surface area contributed by atoms with Crippen LogP contribution in [-0.4, -0.2) is 25.5 Å². The molecule has 0 unspecified atom stereocenters. The molecule has 2 rings (SSSR count). The van der Waals surface area contributed by atoms with Gasteiger partial charge in [0, 0.05) is 21.4 Å². The molecular formula is C16H12Br2N2O2-2. The minimum Gasteiger partial charge on any atom is -0.872 e. The molecule has 0 amide bonds. The smallest absolute Gasteiger partial charge is 0.0585 e. The number of rotatable bonds is 5. The first-order chi connectivity index (χ1) is 10.6. The Balaban J connectivity index is 1.89. The van der Waals surface area contributed by atoms with E-state index in [9.17, 15) is 10.2 Å². The topological polar surface area (TPSA) is 70.8 Å². The van der Waals surface area contributed by atoms with E-state index in [-0.39, 0.29) is 11.5 Å². The molecule has 0 atom stereocenters. The van der Waals surface area contributed by atoms with Crippen molar-refractivity contribution in [3.8, 4) is 11.5 Å². The standard InChI is InChI=1S/C16H14Br2N2O2/c17-13-1-3-15(21)11(7-13)9-19-5-6-20-10-12-8-14(18)2-4-16(12)22/h1-4,7-10,21-22H,5-6H2/p-2. The molecule has 0 aliphatic heterocycles. The zero-order valence-electron chi connectivity index (χ0n) is 11.5. The minimum atomic E-state index is -0.0689. The monoisotopic (exact) mass is 422 g/mol. The van der Waals surface area contributed by atoms with Crippen molar-refractivity contribution in [2.45, 2.75) is 0 Å².